The zero-order valence-electron chi connectivity index (χ0n) is 7.68. The lowest BCUT2D eigenvalue weighted by molar-refractivity contribution is 0.231. The molecule has 4 nitrogen and oxygen atoms in total. The van der Waals surface area contributed by atoms with Crippen LogP contribution in [-0.4, -0.2) is 26.7 Å². The second kappa shape index (κ2) is 3.55. The van der Waals surface area contributed by atoms with Gasteiger partial charge in [-0.3, -0.25) is 0 Å². The van der Waals surface area contributed by atoms with Gasteiger partial charge in [0.05, 0.1) is 18.2 Å². The normalized spacial score (nSPS) is 13.4. The third-order valence-corrected chi connectivity index (χ3v) is 2.35. The van der Waals surface area contributed by atoms with Crippen LogP contribution >= 0.6 is 11.6 Å². The SMILES string of the molecule is CC(CO)n1nnc2ccc(Cl)cc21. The van der Waals surface area contributed by atoms with Crippen LogP contribution in [0.15, 0.2) is 18.2 Å². The fourth-order valence-electron chi connectivity index (χ4n) is 1.31. The Morgan fingerprint density at radius 3 is 3.07 bits per heavy atom. The van der Waals surface area contributed by atoms with Gasteiger partial charge in [-0.2, -0.15) is 0 Å². The van der Waals surface area contributed by atoms with Crippen LogP contribution in [0, 0.1) is 0 Å². The summed E-state index contributed by atoms with van der Waals surface area (Å²) in [5.74, 6) is 0. The Hall–Kier alpha value is -1.13. The van der Waals surface area contributed by atoms with E-state index in [0.717, 1.165) is 11.0 Å². The Morgan fingerprint density at radius 2 is 2.36 bits per heavy atom. The number of aliphatic hydroxyl groups is 1. The molecule has 74 valence electrons. The molecule has 0 spiro atoms. The van der Waals surface area contributed by atoms with Crippen molar-refractivity contribution >= 4 is 22.6 Å². The maximum atomic E-state index is 9.01. The van der Waals surface area contributed by atoms with Gasteiger partial charge in [0.25, 0.3) is 0 Å². The molecule has 1 atom stereocenters. The minimum absolute atomic E-state index is 0.0327. The Morgan fingerprint density at radius 1 is 1.57 bits per heavy atom. The largest absolute Gasteiger partial charge is 0.394 e. The number of rotatable bonds is 2. The van der Waals surface area contributed by atoms with Gasteiger partial charge in [-0.1, -0.05) is 16.8 Å². The molecule has 0 amide bonds. The molecule has 0 aliphatic heterocycles. The predicted molar refractivity (Wildman–Crippen MR) is 54.3 cm³/mol. The number of aliphatic hydroxyl groups excluding tert-OH is 1. The topological polar surface area (TPSA) is 50.9 Å². The summed E-state index contributed by atoms with van der Waals surface area (Å²) in [5.41, 5.74) is 1.63. The van der Waals surface area contributed by atoms with Gasteiger partial charge in [-0.05, 0) is 25.1 Å². The number of aromatic nitrogens is 3. The van der Waals surface area contributed by atoms with E-state index in [2.05, 4.69) is 10.3 Å². The maximum absolute atomic E-state index is 9.01. The van der Waals surface area contributed by atoms with E-state index in [4.69, 9.17) is 16.7 Å². The highest BCUT2D eigenvalue weighted by molar-refractivity contribution is 6.31. The molecule has 1 N–H and O–H groups in total. The van der Waals surface area contributed by atoms with Crippen LogP contribution in [0.1, 0.15) is 13.0 Å². The van der Waals surface area contributed by atoms with E-state index in [0.29, 0.717) is 5.02 Å². The average Bonchev–Trinajstić information content (AvgIpc) is 2.59. The lowest BCUT2D eigenvalue weighted by atomic mass is 10.3. The van der Waals surface area contributed by atoms with Crippen molar-refractivity contribution in [2.45, 2.75) is 13.0 Å². The molecule has 0 saturated carbocycles. The minimum Gasteiger partial charge on any atom is -0.394 e. The second-order valence-corrected chi connectivity index (χ2v) is 3.64. The smallest absolute Gasteiger partial charge is 0.113 e. The van der Waals surface area contributed by atoms with E-state index in [1.54, 1.807) is 16.8 Å². The van der Waals surface area contributed by atoms with Gasteiger partial charge in [0.1, 0.15) is 5.52 Å². The predicted octanol–water partition coefficient (Wildman–Crippen LogP) is 1.64. The molecule has 1 unspecified atom stereocenters. The van der Waals surface area contributed by atoms with Gasteiger partial charge in [0, 0.05) is 5.02 Å². The number of benzene rings is 1. The molecule has 0 aliphatic rings. The van der Waals surface area contributed by atoms with Crippen molar-refractivity contribution in [3.8, 4) is 0 Å². The van der Waals surface area contributed by atoms with E-state index in [9.17, 15) is 0 Å². The molecule has 2 rings (SSSR count). The summed E-state index contributed by atoms with van der Waals surface area (Å²) < 4.78 is 1.67. The highest BCUT2D eigenvalue weighted by Gasteiger charge is 2.09. The standard InChI is InChI=1S/C9H10ClN3O/c1-6(5-14)13-9-4-7(10)2-3-8(9)11-12-13/h2-4,6,14H,5H2,1H3. The van der Waals surface area contributed by atoms with Crippen LogP contribution in [0.5, 0.6) is 0 Å². The molecular weight excluding hydrogens is 202 g/mol. The van der Waals surface area contributed by atoms with Crippen molar-refractivity contribution in [1.82, 2.24) is 15.0 Å². The minimum atomic E-state index is -0.0848. The highest BCUT2D eigenvalue weighted by atomic mass is 35.5. The van der Waals surface area contributed by atoms with Crippen LogP contribution in [0.3, 0.4) is 0 Å². The summed E-state index contributed by atoms with van der Waals surface area (Å²) in [4.78, 5) is 0. The monoisotopic (exact) mass is 211 g/mol. The third-order valence-electron chi connectivity index (χ3n) is 2.11. The molecule has 0 radical (unpaired) electrons. The highest BCUT2D eigenvalue weighted by Crippen LogP contribution is 2.19. The molecule has 1 aromatic heterocycles. The quantitative estimate of drug-likeness (QED) is 0.822. The molecule has 0 aliphatic carbocycles. The first-order chi connectivity index (χ1) is 6.72. The molecule has 5 heteroatoms. The van der Waals surface area contributed by atoms with E-state index < -0.39 is 0 Å². The number of hydrogen-bond donors (Lipinski definition) is 1. The number of fused-ring (bicyclic) bond motifs is 1. The zero-order chi connectivity index (χ0) is 10.1. The molecule has 0 bridgehead atoms. The fourth-order valence-corrected chi connectivity index (χ4v) is 1.48. The van der Waals surface area contributed by atoms with Gasteiger partial charge in [0.2, 0.25) is 0 Å². The first kappa shape index (κ1) is 9.43. The molecule has 2 aromatic rings. The summed E-state index contributed by atoms with van der Waals surface area (Å²) in [6, 6.07) is 5.29. The average molecular weight is 212 g/mol. The van der Waals surface area contributed by atoms with Crippen molar-refractivity contribution < 1.29 is 5.11 Å². The first-order valence-electron chi connectivity index (χ1n) is 4.33. The van der Waals surface area contributed by atoms with E-state index in [1.807, 2.05) is 13.0 Å². The van der Waals surface area contributed by atoms with E-state index >= 15 is 0 Å². The Bertz CT molecular complexity index is 454. The second-order valence-electron chi connectivity index (χ2n) is 3.20. The van der Waals surface area contributed by atoms with E-state index in [1.165, 1.54) is 0 Å². The van der Waals surface area contributed by atoms with Crippen LogP contribution in [0.4, 0.5) is 0 Å². The van der Waals surface area contributed by atoms with Gasteiger partial charge in [0.15, 0.2) is 0 Å². The molecule has 0 fully saturated rings. The molecule has 14 heavy (non-hydrogen) atoms. The summed E-state index contributed by atoms with van der Waals surface area (Å²) in [6.07, 6.45) is 0. The third kappa shape index (κ3) is 1.47. The summed E-state index contributed by atoms with van der Waals surface area (Å²) >= 11 is 5.86. The van der Waals surface area contributed by atoms with Gasteiger partial charge in [-0.25, -0.2) is 4.68 Å². The number of halogens is 1. The van der Waals surface area contributed by atoms with Crippen LogP contribution in [0.2, 0.25) is 5.02 Å². The Kier molecular flexibility index (Phi) is 2.39. The lowest BCUT2D eigenvalue weighted by Gasteiger charge is -2.08. The Balaban J connectivity index is 2.61. The zero-order valence-corrected chi connectivity index (χ0v) is 8.44. The van der Waals surface area contributed by atoms with E-state index in [-0.39, 0.29) is 12.6 Å². The maximum Gasteiger partial charge on any atom is 0.113 e. The van der Waals surface area contributed by atoms with Crippen LogP contribution in [0.25, 0.3) is 11.0 Å². The molecule has 1 heterocycles. The first-order valence-corrected chi connectivity index (χ1v) is 4.71. The van der Waals surface area contributed by atoms with Crippen molar-refractivity contribution in [3.63, 3.8) is 0 Å². The van der Waals surface area contributed by atoms with Gasteiger partial charge >= 0.3 is 0 Å². The summed E-state index contributed by atoms with van der Waals surface area (Å²) in [5, 5.41) is 17.6. The molecule has 0 saturated heterocycles. The summed E-state index contributed by atoms with van der Waals surface area (Å²) in [7, 11) is 0. The van der Waals surface area contributed by atoms with Crippen molar-refractivity contribution in [2.75, 3.05) is 6.61 Å². The lowest BCUT2D eigenvalue weighted by Crippen LogP contribution is -2.10. The van der Waals surface area contributed by atoms with Crippen LogP contribution in [-0.2, 0) is 0 Å². The molecule has 1 aromatic carbocycles. The molecular formula is C9H10ClN3O. The van der Waals surface area contributed by atoms with Crippen LogP contribution < -0.4 is 0 Å². The van der Waals surface area contributed by atoms with Crippen molar-refractivity contribution in [2.24, 2.45) is 0 Å². The fraction of sp³-hybridized carbons (Fsp3) is 0.333. The van der Waals surface area contributed by atoms with Gasteiger partial charge < -0.3 is 5.11 Å². The van der Waals surface area contributed by atoms with Gasteiger partial charge in [-0.15, -0.1) is 5.10 Å². The van der Waals surface area contributed by atoms with Crippen molar-refractivity contribution in [3.05, 3.63) is 23.2 Å². The Labute approximate surface area is 86.1 Å². The number of hydrogen-bond acceptors (Lipinski definition) is 3. The van der Waals surface area contributed by atoms with Crippen molar-refractivity contribution in [1.29, 1.82) is 0 Å². The summed E-state index contributed by atoms with van der Waals surface area (Å²) in [6.45, 7) is 1.90. The number of nitrogens with zero attached hydrogens (tertiary/aromatic N) is 3.